The maximum Gasteiger partial charge on any atom is 0.242 e. The number of amides is 2. The lowest BCUT2D eigenvalue weighted by Crippen LogP contribution is -2.61. The van der Waals surface area contributed by atoms with Crippen molar-refractivity contribution in [1.29, 1.82) is 0 Å². The van der Waals surface area contributed by atoms with E-state index in [9.17, 15) is 9.59 Å². The van der Waals surface area contributed by atoms with E-state index in [2.05, 4.69) is 17.6 Å². The number of piperazine rings is 1. The molecule has 102 valence electrons. The lowest BCUT2D eigenvalue weighted by molar-refractivity contribution is -0.151. The fourth-order valence-corrected chi connectivity index (χ4v) is 2.97. The van der Waals surface area contributed by atoms with Gasteiger partial charge in [-0.05, 0) is 32.7 Å². The summed E-state index contributed by atoms with van der Waals surface area (Å²) in [6.45, 7) is 6.82. The summed E-state index contributed by atoms with van der Waals surface area (Å²) in [7, 11) is 0. The van der Waals surface area contributed by atoms with E-state index in [1.807, 2.05) is 6.92 Å². The molecule has 2 aliphatic rings. The highest BCUT2D eigenvalue weighted by Crippen LogP contribution is 2.33. The van der Waals surface area contributed by atoms with Crippen LogP contribution in [0.2, 0.25) is 0 Å². The summed E-state index contributed by atoms with van der Waals surface area (Å²) < 4.78 is 0. The Morgan fingerprint density at radius 3 is 2.89 bits per heavy atom. The molecule has 2 N–H and O–H groups in total. The highest BCUT2D eigenvalue weighted by Gasteiger charge is 2.43. The lowest BCUT2D eigenvalue weighted by Gasteiger charge is -2.42. The van der Waals surface area contributed by atoms with E-state index in [0.29, 0.717) is 13.1 Å². The second kappa shape index (κ2) is 5.26. The van der Waals surface area contributed by atoms with Crippen LogP contribution in [0.15, 0.2) is 0 Å². The van der Waals surface area contributed by atoms with Crippen LogP contribution in [0.3, 0.4) is 0 Å². The first kappa shape index (κ1) is 13.3. The van der Waals surface area contributed by atoms with Gasteiger partial charge in [0.25, 0.3) is 0 Å². The van der Waals surface area contributed by atoms with E-state index in [1.165, 1.54) is 0 Å². The predicted molar refractivity (Wildman–Crippen MR) is 69.0 cm³/mol. The van der Waals surface area contributed by atoms with E-state index in [4.69, 9.17) is 0 Å². The molecule has 0 aliphatic carbocycles. The van der Waals surface area contributed by atoms with Gasteiger partial charge in [-0.25, -0.2) is 0 Å². The number of rotatable bonds is 2. The van der Waals surface area contributed by atoms with Crippen molar-refractivity contribution in [1.82, 2.24) is 15.5 Å². The molecule has 18 heavy (non-hydrogen) atoms. The molecule has 2 amide bonds. The van der Waals surface area contributed by atoms with Gasteiger partial charge in [0.2, 0.25) is 11.8 Å². The Bertz CT molecular complexity index is 337. The maximum atomic E-state index is 12.8. The standard InChI is InChI=1S/C13H23N3O2/c1-3-13(5-4-6-14-9-13)12(18)16-8-7-15-11(17)10(16)2/h10,14H,3-9H2,1-2H3,(H,15,17). The number of carbonyl (C=O) groups is 2. The lowest BCUT2D eigenvalue weighted by atomic mass is 9.76. The topological polar surface area (TPSA) is 61.4 Å². The molecule has 5 nitrogen and oxygen atoms in total. The van der Waals surface area contributed by atoms with E-state index >= 15 is 0 Å². The molecule has 0 aromatic carbocycles. The van der Waals surface area contributed by atoms with Crippen LogP contribution in [0.4, 0.5) is 0 Å². The number of nitrogens with zero attached hydrogens (tertiary/aromatic N) is 1. The third-order valence-corrected chi connectivity index (χ3v) is 4.36. The number of hydrogen-bond donors (Lipinski definition) is 2. The smallest absolute Gasteiger partial charge is 0.242 e. The van der Waals surface area contributed by atoms with Gasteiger partial charge < -0.3 is 15.5 Å². The Morgan fingerprint density at radius 2 is 2.28 bits per heavy atom. The summed E-state index contributed by atoms with van der Waals surface area (Å²) in [5.74, 6) is 0.115. The van der Waals surface area contributed by atoms with Crippen LogP contribution < -0.4 is 10.6 Å². The van der Waals surface area contributed by atoms with Crippen LogP contribution in [-0.4, -0.2) is 48.9 Å². The first-order chi connectivity index (χ1) is 8.60. The van der Waals surface area contributed by atoms with Gasteiger partial charge >= 0.3 is 0 Å². The molecule has 0 aromatic rings. The van der Waals surface area contributed by atoms with Crippen molar-refractivity contribution in [2.45, 2.75) is 39.2 Å². The third-order valence-electron chi connectivity index (χ3n) is 4.36. The predicted octanol–water partition coefficient (Wildman–Crippen LogP) is 0.113. The van der Waals surface area contributed by atoms with Gasteiger partial charge in [-0.3, -0.25) is 9.59 Å². The van der Waals surface area contributed by atoms with Gasteiger partial charge in [-0.1, -0.05) is 6.92 Å². The highest BCUT2D eigenvalue weighted by atomic mass is 16.2. The van der Waals surface area contributed by atoms with E-state index < -0.39 is 0 Å². The Kier molecular flexibility index (Phi) is 3.90. The molecule has 2 unspecified atom stereocenters. The maximum absolute atomic E-state index is 12.8. The molecule has 2 aliphatic heterocycles. The van der Waals surface area contributed by atoms with E-state index in [1.54, 1.807) is 4.90 Å². The van der Waals surface area contributed by atoms with Crippen LogP contribution in [0.5, 0.6) is 0 Å². The fourth-order valence-electron chi connectivity index (χ4n) is 2.97. The van der Waals surface area contributed by atoms with E-state index in [0.717, 1.165) is 32.4 Å². The minimum absolute atomic E-state index is 0.0374. The Hall–Kier alpha value is -1.10. The minimum atomic E-state index is -0.336. The molecule has 5 heteroatoms. The normalized spacial score (nSPS) is 33.1. The van der Waals surface area contributed by atoms with Crippen molar-refractivity contribution in [2.24, 2.45) is 5.41 Å². The summed E-state index contributed by atoms with van der Waals surface area (Å²) in [5, 5.41) is 6.13. The summed E-state index contributed by atoms with van der Waals surface area (Å²) >= 11 is 0. The zero-order valence-corrected chi connectivity index (χ0v) is 11.3. The Morgan fingerprint density at radius 1 is 1.50 bits per heavy atom. The Labute approximate surface area is 108 Å². The molecule has 2 atom stereocenters. The molecule has 0 radical (unpaired) electrons. The second-order valence-corrected chi connectivity index (χ2v) is 5.38. The second-order valence-electron chi connectivity index (χ2n) is 5.38. The van der Waals surface area contributed by atoms with Crippen molar-refractivity contribution in [3.8, 4) is 0 Å². The van der Waals surface area contributed by atoms with Crippen molar-refractivity contribution in [3.63, 3.8) is 0 Å². The first-order valence-corrected chi connectivity index (χ1v) is 6.90. The van der Waals surface area contributed by atoms with Crippen LogP contribution in [0.1, 0.15) is 33.1 Å². The number of carbonyl (C=O) groups excluding carboxylic acids is 2. The molecule has 0 aromatic heterocycles. The molecule has 2 rings (SSSR count). The summed E-state index contributed by atoms with van der Waals surface area (Å²) in [5.41, 5.74) is -0.301. The fraction of sp³-hybridized carbons (Fsp3) is 0.846. The summed E-state index contributed by atoms with van der Waals surface area (Å²) in [6.07, 6.45) is 2.80. The van der Waals surface area contributed by atoms with Gasteiger partial charge in [-0.2, -0.15) is 0 Å². The van der Waals surface area contributed by atoms with Crippen LogP contribution >= 0.6 is 0 Å². The largest absolute Gasteiger partial charge is 0.353 e. The number of nitrogens with one attached hydrogen (secondary N) is 2. The highest BCUT2D eigenvalue weighted by molar-refractivity contribution is 5.91. The summed E-state index contributed by atoms with van der Waals surface area (Å²) in [6, 6.07) is -0.336. The van der Waals surface area contributed by atoms with Gasteiger partial charge in [0.1, 0.15) is 6.04 Å². The molecule has 2 fully saturated rings. The van der Waals surface area contributed by atoms with Crippen molar-refractivity contribution < 1.29 is 9.59 Å². The number of hydrogen-bond acceptors (Lipinski definition) is 3. The van der Waals surface area contributed by atoms with Crippen LogP contribution in [0.25, 0.3) is 0 Å². The van der Waals surface area contributed by atoms with Gasteiger partial charge in [-0.15, -0.1) is 0 Å². The van der Waals surface area contributed by atoms with Gasteiger partial charge in [0.05, 0.1) is 5.41 Å². The van der Waals surface area contributed by atoms with Crippen molar-refractivity contribution in [3.05, 3.63) is 0 Å². The van der Waals surface area contributed by atoms with Crippen molar-refractivity contribution in [2.75, 3.05) is 26.2 Å². The third kappa shape index (κ3) is 2.23. The zero-order valence-electron chi connectivity index (χ0n) is 11.3. The quantitative estimate of drug-likeness (QED) is 0.734. The SMILES string of the molecule is CCC1(C(=O)N2CCNC(=O)C2C)CCCNC1. The first-order valence-electron chi connectivity index (χ1n) is 6.90. The van der Waals surface area contributed by atoms with Crippen LogP contribution in [-0.2, 0) is 9.59 Å². The molecular formula is C13H23N3O2. The molecule has 0 saturated carbocycles. The number of piperidine rings is 1. The zero-order chi connectivity index (χ0) is 13.2. The average molecular weight is 253 g/mol. The van der Waals surface area contributed by atoms with Crippen molar-refractivity contribution >= 4 is 11.8 Å². The minimum Gasteiger partial charge on any atom is -0.353 e. The monoisotopic (exact) mass is 253 g/mol. The molecule has 0 bridgehead atoms. The molecule has 2 heterocycles. The Balaban J connectivity index is 2.15. The van der Waals surface area contributed by atoms with Crippen LogP contribution in [0, 0.1) is 5.41 Å². The molecular weight excluding hydrogens is 230 g/mol. The van der Waals surface area contributed by atoms with Gasteiger partial charge in [0, 0.05) is 19.6 Å². The average Bonchev–Trinajstić information content (AvgIpc) is 2.42. The molecule has 2 saturated heterocycles. The summed E-state index contributed by atoms with van der Waals surface area (Å²) in [4.78, 5) is 26.2. The molecule has 0 spiro atoms. The van der Waals surface area contributed by atoms with Gasteiger partial charge in [0.15, 0.2) is 0 Å². The van der Waals surface area contributed by atoms with E-state index in [-0.39, 0.29) is 23.3 Å².